The van der Waals surface area contributed by atoms with E-state index in [0.29, 0.717) is 6.42 Å². The van der Waals surface area contributed by atoms with Crippen molar-refractivity contribution in [1.82, 2.24) is 0 Å². The van der Waals surface area contributed by atoms with E-state index in [1.54, 1.807) is 17.0 Å². The number of carbonyl (C=O) groups is 1. The van der Waals surface area contributed by atoms with Gasteiger partial charge < -0.3 is 4.90 Å². The third-order valence-corrected chi connectivity index (χ3v) is 6.20. The number of carbonyl (C=O) groups excluding carboxylic acids is 1. The molecule has 0 spiro atoms. The van der Waals surface area contributed by atoms with E-state index in [4.69, 9.17) is 0 Å². The van der Waals surface area contributed by atoms with Crippen LogP contribution in [0.3, 0.4) is 0 Å². The van der Waals surface area contributed by atoms with E-state index in [1.165, 1.54) is 24.3 Å². The van der Waals surface area contributed by atoms with Gasteiger partial charge in [-0.05, 0) is 68.1 Å². The lowest BCUT2D eigenvalue weighted by atomic mass is 10.1. The van der Waals surface area contributed by atoms with Crippen LogP contribution in [0.25, 0.3) is 0 Å². The average Bonchev–Trinajstić information content (AvgIpc) is 3.36. The molecular weight excluding hydrogens is 355 g/mol. The van der Waals surface area contributed by atoms with E-state index in [-0.39, 0.29) is 28.4 Å². The normalized spacial score (nSPS) is 19.3. The van der Waals surface area contributed by atoms with Crippen LogP contribution >= 0.6 is 0 Å². The monoisotopic (exact) mass is 374 g/mol. The van der Waals surface area contributed by atoms with Crippen molar-refractivity contribution >= 4 is 27.3 Å². The third kappa shape index (κ3) is 3.07. The number of anilines is 2. The van der Waals surface area contributed by atoms with E-state index in [1.807, 2.05) is 6.92 Å². The Bertz CT molecular complexity index is 986. The highest BCUT2D eigenvalue weighted by molar-refractivity contribution is 7.92. The Hall–Kier alpha value is -2.41. The molecule has 1 amide bonds. The summed E-state index contributed by atoms with van der Waals surface area (Å²) in [5.74, 6) is -0.270. The summed E-state index contributed by atoms with van der Waals surface area (Å²) >= 11 is 0. The number of nitrogens with zero attached hydrogens (tertiary/aromatic N) is 1. The van der Waals surface area contributed by atoms with E-state index in [9.17, 15) is 17.6 Å². The number of fused-ring (bicyclic) bond motifs is 1. The van der Waals surface area contributed by atoms with Gasteiger partial charge >= 0.3 is 0 Å². The van der Waals surface area contributed by atoms with Gasteiger partial charge in [-0.3, -0.25) is 9.52 Å². The Morgan fingerprint density at radius 3 is 2.65 bits per heavy atom. The van der Waals surface area contributed by atoms with Gasteiger partial charge in [0, 0.05) is 17.6 Å². The highest BCUT2D eigenvalue weighted by Gasteiger charge is 2.39. The molecule has 1 atom stereocenters. The first-order valence-electron chi connectivity index (χ1n) is 8.59. The molecule has 4 rings (SSSR count). The molecule has 0 saturated heterocycles. The van der Waals surface area contributed by atoms with Crippen LogP contribution in [0.4, 0.5) is 15.8 Å². The predicted octanol–water partition coefficient (Wildman–Crippen LogP) is 3.31. The number of hydrogen-bond acceptors (Lipinski definition) is 3. The van der Waals surface area contributed by atoms with Gasteiger partial charge in [-0.15, -0.1) is 0 Å². The fourth-order valence-electron chi connectivity index (χ4n) is 3.40. The summed E-state index contributed by atoms with van der Waals surface area (Å²) in [6.45, 7) is 1.97. The number of amides is 1. The Morgan fingerprint density at radius 1 is 1.19 bits per heavy atom. The van der Waals surface area contributed by atoms with E-state index in [0.717, 1.165) is 30.2 Å². The summed E-state index contributed by atoms with van der Waals surface area (Å²) in [4.78, 5) is 14.4. The van der Waals surface area contributed by atoms with Gasteiger partial charge in [-0.2, -0.15) is 0 Å². The van der Waals surface area contributed by atoms with Crippen LogP contribution in [-0.4, -0.2) is 20.4 Å². The summed E-state index contributed by atoms with van der Waals surface area (Å²) in [7, 11) is -3.83. The van der Waals surface area contributed by atoms with Crippen LogP contribution in [0.5, 0.6) is 0 Å². The minimum atomic E-state index is -3.83. The Kier molecular flexibility index (Phi) is 3.99. The maximum absolute atomic E-state index is 13.3. The molecule has 2 aliphatic rings. The SMILES string of the molecule is C[C@@H]1Cc2cc(S(=O)(=O)Nc3cccc(F)c3)ccc2N1C(=O)C1CC1. The maximum Gasteiger partial charge on any atom is 0.261 e. The summed E-state index contributed by atoms with van der Waals surface area (Å²) in [5, 5.41) is 0. The first-order chi connectivity index (χ1) is 12.3. The minimum absolute atomic E-state index is 0.0206. The first-order valence-corrected chi connectivity index (χ1v) is 10.1. The molecule has 2 aromatic rings. The molecule has 26 heavy (non-hydrogen) atoms. The lowest BCUT2D eigenvalue weighted by Gasteiger charge is -2.22. The zero-order valence-corrected chi connectivity index (χ0v) is 15.1. The predicted molar refractivity (Wildman–Crippen MR) is 97.0 cm³/mol. The van der Waals surface area contributed by atoms with Crippen LogP contribution in [0, 0.1) is 11.7 Å². The van der Waals surface area contributed by atoms with Crippen LogP contribution in [0.15, 0.2) is 47.4 Å². The van der Waals surface area contributed by atoms with Crippen molar-refractivity contribution in [1.29, 1.82) is 0 Å². The fourth-order valence-corrected chi connectivity index (χ4v) is 4.50. The maximum atomic E-state index is 13.3. The second kappa shape index (κ2) is 6.09. The van der Waals surface area contributed by atoms with Crippen molar-refractivity contribution in [2.75, 3.05) is 9.62 Å². The Morgan fingerprint density at radius 2 is 1.96 bits per heavy atom. The molecule has 0 unspecified atom stereocenters. The number of benzene rings is 2. The van der Waals surface area contributed by atoms with Gasteiger partial charge in [-0.1, -0.05) is 6.07 Å². The summed E-state index contributed by atoms with van der Waals surface area (Å²) < 4.78 is 40.9. The smallest absolute Gasteiger partial charge is 0.261 e. The topological polar surface area (TPSA) is 66.5 Å². The van der Waals surface area contributed by atoms with Crippen molar-refractivity contribution in [3.8, 4) is 0 Å². The molecule has 1 aliphatic heterocycles. The van der Waals surface area contributed by atoms with Gasteiger partial charge in [0.25, 0.3) is 10.0 Å². The molecule has 1 N–H and O–H groups in total. The Balaban J connectivity index is 1.63. The standard InChI is InChI=1S/C19H19FN2O3S/c1-12-9-14-10-17(7-8-18(14)22(12)19(23)13-5-6-13)26(24,25)21-16-4-2-3-15(20)11-16/h2-4,7-8,10-13,21H,5-6,9H2,1H3/t12-/m1/s1. The molecule has 1 aliphatic carbocycles. The molecule has 5 nitrogen and oxygen atoms in total. The molecule has 7 heteroatoms. The number of rotatable bonds is 4. The van der Waals surface area contributed by atoms with Crippen LogP contribution < -0.4 is 9.62 Å². The van der Waals surface area contributed by atoms with Crippen molar-refractivity contribution < 1.29 is 17.6 Å². The van der Waals surface area contributed by atoms with E-state index < -0.39 is 15.8 Å². The first kappa shape index (κ1) is 17.0. The van der Waals surface area contributed by atoms with Crippen molar-refractivity contribution in [2.24, 2.45) is 5.92 Å². The number of sulfonamides is 1. The van der Waals surface area contributed by atoms with Crippen molar-refractivity contribution in [2.45, 2.75) is 37.1 Å². The summed E-state index contributed by atoms with van der Waals surface area (Å²) in [5.41, 5.74) is 1.80. The molecular formula is C19H19FN2O3S. The second-order valence-electron chi connectivity index (χ2n) is 6.94. The van der Waals surface area contributed by atoms with E-state index >= 15 is 0 Å². The van der Waals surface area contributed by atoms with Gasteiger partial charge in [0.05, 0.1) is 10.6 Å². The van der Waals surface area contributed by atoms with Crippen LogP contribution in [0.2, 0.25) is 0 Å². The molecule has 136 valence electrons. The minimum Gasteiger partial charge on any atom is -0.309 e. The third-order valence-electron chi connectivity index (χ3n) is 4.82. The van der Waals surface area contributed by atoms with Gasteiger partial charge in [0.2, 0.25) is 5.91 Å². The molecule has 0 radical (unpaired) electrons. The Labute approximate surface area is 151 Å². The van der Waals surface area contributed by atoms with Crippen molar-refractivity contribution in [3.05, 3.63) is 53.8 Å². The average molecular weight is 374 g/mol. The summed E-state index contributed by atoms with van der Waals surface area (Å²) in [6.07, 6.45) is 2.49. The highest BCUT2D eigenvalue weighted by atomic mass is 32.2. The van der Waals surface area contributed by atoms with Crippen LogP contribution in [0.1, 0.15) is 25.3 Å². The molecule has 1 heterocycles. The molecule has 0 bridgehead atoms. The number of halogens is 1. The quantitative estimate of drug-likeness (QED) is 0.893. The largest absolute Gasteiger partial charge is 0.309 e. The molecule has 1 saturated carbocycles. The zero-order valence-electron chi connectivity index (χ0n) is 14.3. The van der Waals surface area contributed by atoms with Gasteiger partial charge in [0.1, 0.15) is 5.82 Å². The zero-order chi connectivity index (χ0) is 18.5. The lowest BCUT2D eigenvalue weighted by molar-refractivity contribution is -0.120. The van der Waals surface area contributed by atoms with Gasteiger partial charge in [0.15, 0.2) is 0 Å². The molecule has 1 fully saturated rings. The van der Waals surface area contributed by atoms with Gasteiger partial charge in [-0.25, -0.2) is 12.8 Å². The van der Waals surface area contributed by atoms with Crippen LogP contribution in [-0.2, 0) is 21.2 Å². The molecule has 2 aromatic carbocycles. The fraction of sp³-hybridized carbons (Fsp3) is 0.316. The van der Waals surface area contributed by atoms with E-state index in [2.05, 4.69) is 4.72 Å². The summed E-state index contributed by atoms with van der Waals surface area (Å²) in [6, 6.07) is 10.1. The lowest BCUT2D eigenvalue weighted by Crippen LogP contribution is -2.36. The highest BCUT2D eigenvalue weighted by Crippen LogP contribution is 2.39. The molecule has 0 aromatic heterocycles. The second-order valence-corrected chi connectivity index (χ2v) is 8.62. The number of nitrogens with one attached hydrogen (secondary N) is 1. The van der Waals surface area contributed by atoms with Crippen molar-refractivity contribution in [3.63, 3.8) is 0 Å². The number of hydrogen-bond donors (Lipinski definition) is 1.